The number of para-hydroxylation sites is 1. The summed E-state index contributed by atoms with van der Waals surface area (Å²) in [6.07, 6.45) is 2.69. The second kappa shape index (κ2) is 6.59. The number of fused-ring (bicyclic) bond motifs is 1. The Labute approximate surface area is 146 Å². The Balaban J connectivity index is 1.42. The highest BCUT2D eigenvalue weighted by Gasteiger charge is 2.29. The summed E-state index contributed by atoms with van der Waals surface area (Å²) in [4.78, 5) is 24.3. The molecule has 5 heteroatoms. The summed E-state index contributed by atoms with van der Waals surface area (Å²) in [6.45, 7) is 0.591. The fourth-order valence-electron chi connectivity index (χ4n) is 3.03. The van der Waals surface area contributed by atoms with Crippen LogP contribution in [-0.4, -0.2) is 18.4 Å². The topological polar surface area (TPSA) is 67.4 Å². The van der Waals surface area contributed by atoms with Gasteiger partial charge in [0.05, 0.1) is 12.6 Å². The van der Waals surface area contributed by atoms with Gasteiger partial charge in [-0.3, -0.25) is 9.59 Å². The normalized spacial score (nSPS) is 18.6. The maximum absolute atomic E-state index is 12.5. The fraction of sp³-hybridized carbons (Fsp3) is 0.300. The summed E-state index contributed by atoms with van der Waals surface area (Å²) in [5.74, 6) is 0.937. The van der Waals surface area contributed by atoms with Gasteiger partial charge in [0.15, 0.2) is 0 Å². The number of amides is 2. The van der Waals surface area contributed by atoms with Crippen molar-refractivity contribution in [3.8, 4) is 5.75 Å². The van der Waals surface area contributed by atoms with Crippen LogP contribution in [0.15, 0.2) is 48.5 Å². The maximum Gasteiger partial charge on any atom is 0.251 e. The first-order valence-electron chi connectivity index (χ1n) is 8.64. The van der Waals surface area contributed by atoms with Crippen molar-refractivity contribution in [1.82, 2.24) is 5.32 Å². The van der Waals surface area contributed by atoms with E-state index < -0.39 is 0 Å². The van der Waals surface area contributed by atoms with Crippen LogP contribution in [0.25, 0.3) is 0 Å². The summed E-state index contributed by atoms with van der Waals surface area (Å²) >= 11 is 0. The molecule has 2 aliphatic rings. The zero-order valence-electron chi connectivity index (χ0n) is 13.8. The van der Waals surface area contributed by atoms with E-state index in [4.69, 9.17) is 4.74 Å². The lowest BCUT2D eigenvalue weighted by molar-refractivity contribution is -0.117. The molecule has 0 saturated heterocycles. The van der Waals surface area contributed by atoms with Gasteiger partial charge in [-0.25, -0.2) is 0 Å². The Morgan fingerprint density at radius 2 is 1.72 bits per heavy atom. The SMILES string of the molecule is O=C(N[C@@H]1CCOc2ccccc21)c1ccc(NC(=O)C2CC2)cc1. The predicted octanol–water partition coefficient (Wildman–Crippen LogP) is 3.29. The lowest BCUT2D eigenvalue weighted by atomic mass is 10.00. The van der Waals surface area contributed by atoms with E-state index in [9.17, 15) is 9.59 Å². The number of anilines is 1. The summed E-state index contributed by atoms with van der Waals surface area (Å²) in [5, 5.41) is 5.95. The van der Waals surface area contributed by atoms with Gasteiger partial charge in [-0.2, -0.15) is 0 Å². The molecule has 2 amide bonds. The molecular weight excluding hydrogens is 316 g/mol. The minimum absolute atomic E-state index is 0.0494. The summed E-state index contributed by atoms with van der Waals surface area (Å²) < 4.78 is 5.63. The lowest BCUT2D eigenvalue weighted by Gasteiger charge is -2.26. The zero-order chi connectivity index (χ0) is 17.2. The first kappa shape index (κ1) is 15.7. The molecule has 4 rings (SSSR count). The predicted molar refractivity (Wildman–Crippen MR) is 94.6 cm³/mol. The van der Waals surface area contributed by atoms with Crippen molar-refractivity contribution in [3.63, 3.8) is 0 Å². The van der Waals surface area contributed by atoms with Crippen LogP contribution in [0.4, 0.5) is 5.69 Å². The number of ether oxygens (including phenoxy) is 1. The third kappa shape index (κ3) is 3.50. The highest BCUT2D eigenvalue weighted by Crippen LogP contribution is 2.32. The first-order chi connectivity index (χ1) is 12.2. The zero-order valence-corrected chi connectivity index (χ0v) is 13.8. The van der Waals surface area contributed by atoms with Gasteiger partial charge >= 0.3 is 0 Å². The Morgan fingerprint density at radius 1 is 0.960 bits per heavy atom. The quantitative estimate of drug-likeness (QED) is 0.900. The summed E-state index contributed by atoms with van der Waals surface area (Å²) in [6, 6.07) is 14.8. The highest BCUT2D eigenvalue weighted by molar-refractivity contribution is 5.97. The molecule has 1 fully saturated rings. The van der Waals surface area contributed by atoms with Gasteiger partial charge in [-0.05, 0) is 43.2 Å². The monoisotopic (exact) mass is 336 g/mol. The van der Waals surface area contributed by atoms with Crippen molar-refractivity contribution in [2.75, 3.05) is 11.9 Å². The minimum atomic E-state index is -0.123. The molecule has 2 N–H and O–H groups in total. The third-order valence-corrected chi connectivity index (χ3v) is 4.63. The van der Waals surface area contributed by atoms with Gasteiger partial charge < -0.3 is 15.4 Å². The molecule has 1 aliphatic heterocycles. The smallest absolute Gasteiger partial charge is 0.251 e. The van der Waals surface area contributed by atoms with E-state index in [2.05, 4.69) is 10.6 Å². The Hall–Kier alpha value is -2.82. The molecule has 25 heavy (non-hydrogen) atoms. The number of hydrogen-bond acceptors (Lipinski definition) is 3. The Kier molecular flexibility index (Phi) is 4.14. The van der Waals surface area contributed by atoms with Crippen LogP contribution in [0.3, 0.4) is 0 Å². The largest absolute Gasteiger partial charge is 0.493 e. The van der Waals surface area contributed by atoms with Gasteiger partial charge in [-0.1, -0.05) is 18.2 Å². The standard InChI is InChI=1S/C20H20N2O3/c23-19(13-5-6-13)21-15-9-7-14(8-10-15)20(24)22-17-11-12-25-18-4-2-1-3-16(17)18/h1-4,7-10,13,17H,5-6,11-12H2,(H,21,23)(H,22,24)/t17-/m1/s1. The van der Waals surface area contributed by atoms with Crippen molar-refractivity contribution < 1.29 is 14.3 Å². The molecule has 2 aromatic carbocycles. The van der Waals surface area contributed by atoms with Gasteiger partial charge in [0, 0.05) is 29.2 Å². The van der Waals surface area contributed by atoms with Crippen LogP contribution < -0.4 is 15.4 Å². The van der Waals surface area contributed by atoms with Crippen molar-refractivity contribution in [3.05, 3.63) is 59.7 Å². The summed E-state index contributed by atoms with van der Waals surface area (Å²) in [7, 11) is 0. The number of benzene rings is 2. The number of rotatable bonds is 4. The molecule has 5 nitrogen and oxygen atoms in total. The number of nitrogens with one attached hydrogen (secondary N) is 2. The molecule has 0 aromatic heterocycles. The fourth-order valence-corrected chi connectivity index (χ4v) is 3.03. The Morgan fingerprint density at radius 3 is 2.48 bits per heavy atom. The second-order valence-electron chi connectivity index (χ2n) is 6.54. The van der Waals surface area contributed by atoms with Gasteiger partial charge in [-0.15, -0.1) is 0 Å². The molecule has 128 valence electrons. The number of carbonyl (C=O) groups excluding carboxylic acids is 2. The van der Waals surface area contributed by atoms with E-state index in [-0.39, 0.29) is 23.8 Å². The molecule has 2 aromatic rings. The van der Waals surface area contributed by atoms with Crippen LogP contribution >= 0.6 is 0 Å². The van der Waals surface area contributed by atoms with E-state index >= 15 is 0 Å². The first-order valence-corrected chi connectivity index (χ1v) is 8.64. The number of carbonyl (C=O) groups is 2. The lowest BCUT2D eigenvalue weighted by Crippen LogP contribution is -2.32. The van der Waals surface area contributed by atoms with E-state index in [0.29, 0.717) is 12.2 Å². The van der Waals surface area contributed by atoms with E-state index in [1.807, 2.05) is 24.3 Å². The molecule has 1 heterocycles. The van der Waals surface area contributed by atoms with Crippen molar-refractivity contribution in [2.24, 2.45) is 5.92 Å². The van der Waals surface area contributed by atoms with E-state index in [0.717, 1.165) is 36.3 Å². The van der Waals surface area contributed by atoms with Crippen LogP contribution in [0.1, 0.15) is 41.2 Å². The van der Waals surface area contributed by atoms with Crippen LogP contribution in [0.5, 0.6) is 5.75 Å². The second-order valence-corrected chi connectivity index (χ2v) is 6.54. The molecule has 0 bridgehead atoms. The van der Waals surface area contributed by atoms with Crippen molar-refractivity contribution >= 4 is 17.5 Å². The number of hydrogen-bond donors (Lipinski definition) is 2. The van der Waals surface area contributed by atoms with Crippen molar-refractivity contribution in [2.45, 2.75) is 25.3 Å². The molecule has 0 unspecified atom stereocenters. The van der Waals surface area contributed by atoms with E-state index in [1.165, 1.54) is 0 Å². The molecule has 1 atom stereocenters. The molecule has 0 spiro atoms. The van der Waals surface area contributed by atoms with Gasteiger partial charge in [0.2, 0.25) is 5.91 Å². The third-order valence-electron chi connectivity index (χ3n) is 4.63. The van der Waals surface area contributed by atoms with Crippen LogP contribution in [0.2, 0.25) is 0 Å². The molecule has 0 radical (unpaired) electrons. The van der Waals surface area contributed by atoms with Crippen LogP contribution in [-0.2, 0) is 4.79 Å². The minimum Gasteiger partial charge on any atom is -0.493 e. The molecule has 1 aliphatic carbocycles. The molecule has 1 saturated carbocycles. The summed E-state index contributed by atoms with van der Waals surface area (Å²) in [5.41, 5.74) is 2.31. The highest BCUT2D eigenvalue weighted by atomic mass is 16.5. The van der Waals surface area contributed by atoms with E-state index in [1.54, 1.807) is 24.3 Å². The average Bonchev–Trinajstić information content (AvgIpc) is 3.48. The molecular formula is C20H20N2O3. The maximum atomic E-state index is 12.5. The Bertz CT molecular complexity index is 797. The average molecular weight is 336 g/mol. The van der Waals surface area contributed by atoms with Gasteiger partial charge in [0.25, 0.3) is 5.91 Å². The van der Waals surface area contributed by atoms with Crippen LogP contribution in [0, 0.1) is 5.92 Å². The van der Waals surface area contributed by atoms with Crippen molar-refractivity contribution in [1.29, 1.82) is 0 Å². The van der Waals surface area contributed by atoms with Gasteiger partial charge in [0.1, 0.15) is 5.75 Å².